The van der Waals surface area contributed by atoms with Crippen LogP contribution in [-0.4, -0.2) is 56.1 Å². The Bertz CT molecular complexity index is 380. The lowest BCUT2D eigenvalue weighted by molar-refractivity contribution is 0.0495. The van der Waals surface area contributed by atoms with Gasteiger partial charge in [0, 0.05) is 32.8 Å². The topological polar surface area (TPSA) is 41.9 Å². The number of phenols is 1. The summed E-state index contributed by atoms with van der Waals surface area (Å²) in [5.41, 5.74) is 1.26. The van der Waals surface area contributed by atoms with Crippen molar-refractivity contribution in [3.63, 3.8) is 0 Å². The summed E-state index contributed by atoms with van der Waals surface area (Å²) < 4.78 is 10.5. The van der Waals surface area contributed by atoms with Crippen LogP contribution in [0.15, 0.2) is 24.3 Å². The quantitative estimate of drug-likeness (QED) is 0.720. The molecule has 0 saturated carbocycles. The Hall–Kier alpha value is -1.10. The van der Waals surface area contributed by atoms with E-state index >= 15 is 0 Å². The van der Waals surface area contributed by atoms with Crippen molar-refractivity contribution in [3.8, 4) is 5.75 Å². The first-order valence-electron chi connectivity index (χ1n) is 7.60. The van der Waals surface area contributed by atoms with Crippen LogP contribution >= 0.6 is 0 Å². The molecule has 4 heteroatoms. The number of phenolic OH excluding ortho intramolecular Hbond substituents is 1. The highest BCUT2D eigenvalue weighted by Gasteiger charge is 2.19. The van der Waals surface area contributed by atoms with Crippen molar-refractivity contribution in [1.29, 1.82) is 0 Å². The summed E-state index contributed by atoms with van der Waals surface area (Å²) >= 11 is 0. The highest BCUT2D eigenvalue weighted by Crippen LogP contribution is 2.15. The molecule has 0 spiro atoms. The molecular formula is C17H29NO3. The maximum absolute atomic E-state index is 9.32. The Balaban J connectivity index is 2.53. The molecule has 1 N–H and O–H groups in total. The molecule has 4 nitrogen and oxygen atoms in total. The zero-order chi connectivity index (χ0) is 15.7. The van der Waals surface area contributed by atoms with Gasteiger partial charge in [0.15, 0.2) is 0 Å². The number of hydrogen-bond acceptors (Lipinski definition) is 4. The Labute approximate surface area is 128 Å². The van der Waals surface area contributed by atoms with Crippen molar-refractivity contribution >= 4 is 0 Å². The molecule has 2 unspecified atom stereocenters. The maximum atomic E-state index is 9.32. The van der Waals surface area contributed by atoms with E-state index in [9.17, 15) is 5.11 Å². The second kappa shape index (κ2) is 9.77. The lowest BCUT2D eigenvalue weighted by Gasteiger charge is -2.34. The Morgan fingerprint density at radius 3 is 2.29 bits per heavy atom. The fourth-order valence-corrected chi connectivity index (χ4v) is 2.61. The fourth-order valence-electron chi connectivity index (χ4n) is 2.61. The number of aromatic hydroxyl groups is 1. The van der Waals surface area contributed by atoms with Gasteiger partial charge in [-0.2, -0.15) is 0 Å². The van der Waals surface area contributed by atoms with Gasteiger partial charge < -0.3 is 14.6 Å². The third-order valence-corrected chi connectivity index (χ3v) is 3.88. The molecule has 1 aromatic rings. The van der Waals surface area contributed by atoms with Gasteiger partial charge in [0.2, 0.25) is 0 Å². The molecule has 0 fully saturated rings. The van der Waals surface area contributed by atoms with E-state index < -0.39 is 0 Å². The van der Waals surface area contributed by atoms with Crippen LogP contribution in [-0.2, 0) is 15.9 Å². The minimum absolute atomic E-state index is 0.322. The second-order valence-electron chi connectivity index (χ2n) is 5.59. The van der Waals surface area contributed by atoms with Crippen LogP contribution in [0.5, 0.6) is 5.75 Å². The molecule has 120 valence electrons. The highest BCUT2D eigenvalue weighted by molar-refractivity contribution is 5.25. The van der Waals surface area contributed by atoms with Gasteiger partial charge in [-0.05, 0) is 44.4 Å². The van der Waals surface area contributed by atoms with E-state index in [1.807, 2.05) is 12.1 Å². The molecule has 0 amide bonds. The highest BCUT2D eigenvalue weighted by atomic mass is 16.5. The lowest BCUT2D eigenvalue weighted by atomic mass is 10.0. The van der Waals surface area contributed by atoms with Crippen molar-refractivity contribution in [1.82, 2.24) is 4.90 Å². The molecule has 0 radical (unpaired) electrons. The van der Waals surface area contributed by atoms with Crippen LogP contribution in [0.1, 0.15) is 25.8 Å². The van der Waals surface area contributed by atoms with Gasteiger partial charge in [0.05, 0.1) is 13.2 Å². The third-order valence-electron chi connectivity index (χ3n) is 3.88. The average Bonchev–Trinajstić information content (AvgIpc) is 2.47. The number of nitrogens with zero attached hydrogens (tertiary/aromatic N) is 1. The zero-order valence-electron chi connectivity index (χ0n) is 13.7. The Kier molecular flexibility index (Phi) is 8.35. The van der Waals surface area contributed by atoms with Gasteiger partial charge in [-0.1, -0.05) is 12.1 Å². The van der Waals surface area contributed by atoms with E-state index in [0.717, 1.165) is 32.6 Å². The average molecular weight is 295 g/mol. The van der Waals surface area contributed by atoms with Gasteiger partial charge in [-0.25, -0.2) is 0 Å². The second-order valence-corrected chi connectivity index (χ2v) is 5.59. The molecule has 21 heavy (non-hydrogen) atoms. The molecule has 0 aliphatic heterocycles. The minimum atomic E-state index is 0.322. The maximum Gasteiger partial charge on any atom is 0.115 e. The van der Waals surface area contributed by atoms with E-state index in [2.05, 4.69) is 18.7 Å². The predicted octanol–water partition coefficient (Wildman–Crippen LogP) is 2.70. The van der Waals surface area contributed by atoms with Gasteiger partial charge >= 0.3 is 0 Å². The van der Waals surface area contributed by atoms with Gasteiger partial charge in [-0.15, -0.1) is 0 Å². The molecule has 0 aliphatic carbocycles. The number of hydrogen-bond donors (Lipinski definition) is 1. The first kappa shape index (κ1) is 18.0. The van der Waals surface area contributed by atoms with E-state index in [1.165, 1.54) is 5.56 Å². The molecule has 2 atom stereocenters. The molecule has 0 heterocycles. The SMILES string of the molecule is COCCN(C(C)CCc1ccc(O)cc1)C(C)COC. The summed E-state index contributed by atoms with van der Waals surface area (Å²) in [7, 11) is 3.48. The molecular weight excluding hydrogens is 266 g/mol. The predicted molar refractivity (Wildman–Crippen MR) is 85.8 cm³/mol. The normalized spacial score (nSPS) is 14.3. The zero-order valence-corrected chi connectivity index (χ0v) is 13.7. The minimum Gasteiger partial charge on any atom is -0.508 e. The van der Waals surface area contributed by atoms with Crippen molar-refractivity contribution in [2.24, 2.45) is 0 Å². The van der Waals surface area contributed by atoms with Crippen LogP contribution in [0.3, 0.4) is 0 Å². The summed E-state index contributed by atoms with van der Waals surface area (Å²) in [4.78, 5) is 2.44. The molecule has 1 aromatic carbocycles. The van der Waals surface area contributed by atoms with E-state index in [-0.39, 0.29) is 0 Å². The summed E-state index contributed by atoms with van der Waals surface area (Å²) in [5, 5.41) is 9.32. The Morgan fingerprint density at radius 2 is 1.71 bits per heavy atom. The number of benzene rings is 1. The van der Waals surface area contributed by atoms with Crippen LogP contribution in [0.25, 0.3) is 0 Å². The molecule has 0 saturated heterocycles. The number of ether oxygens (including phenoxy) is 2. The summed E-state index contributed by atoms with van der Waals surface area (Å²) in [6, 6.07) is 8.30. The number of rotatable bonds is 10. The van der Waals surface area contributed by atoms with Crippen molar-refractivity contribution in [3.05, 3.63) is 29.8 Å². The monoisotopic (exact) mass is 295 g/mol. The lowest BCUT2D eigenvalue weighted by Crippen LogP contribution is -2.44. The van der Waals surface area contributed by atoms with Crippen molar-refractivity contribution < 1.29 is 14.6 Å². The van der Waals surface area contributed by atoms with E-state index in [1.54, 1.807) is 26.4 Å². The van der Waals surface area contributed by atoms with Crippen LogP contribution in [0, 0.1) is 0 Å². The van der Waals surface area contributed by atoms with Crippen molar-refractivity contribution in [2.75, 3.05) is 34.0 Å². The first-order chi connectivity index (χ1) is 10.1. The largest absolute Gasteiger partial charge is 0.508 e. The van der Waals surface area contributed by atoms with E-state index in [4.69, 9.17) is 9.47 Å². The number of methoxy groups -OCH3 is 2. The summed E-state index contributed by atoms with van der Waals surface area (Å²) in [5.74, 6) is 0.322. The fraction of sp³-hybridized carbons (Fsp3) is 0.647. The summed E-state index contributed by atoms with van der Waals surface area (Å²) in [6.45, 7) is 6.82. The standard InChI is InChI=1S/C17H29NO3/c1-14(5-6-16-7-9-17(19)10-8-16)18(11-12-20-3)15(2)13-21-4/h7-10,14-15,19H,5-6,11-13H2,1-4H3. The molecule has 0 aliphatic rings. The van der Waals surface area contributed by atoms with Gasteiger partial charge in [0.25, 0.3) is 0 Å². The number of aryl methyl sites for hydroxylation is 1. The van der Waals surface area contributed by atoms with Crippen molar-refractivity contribution in [2.45, 2.75) is 38.8 Å². The van der Waals surface area contributed by atoms with E-state index in [0.29, 0.717) is 17.8 Å². The van der Waals surface area contributed by atoms with Gasteiger partial charge in [-0.3, -0.25) is 4.90 Å². The third kappa shape index (κ3) is 6.46. The van der Waals surface area contributed by atoms with Crippen LogP contribution < -0.4 is 0 Å². The van der Waals surface area contributed by atoms with Crippen LogP contribution in [0.2, 0.25) is 0 Å². The van der Waals surface area contributed by atoms with Crippen LogP contribution in [0.4, 0.5) is 0 Å². The Morgan fingerprint density at radius 1 is 1.05 bits per heavy atom. The molecule has 1 rings (SSSR count). The molecule has 0 aromatic heterocycles. The summed E-state index contributed by atoms with van der Waals surface area (Å²) in [6.07, 6.45) is 2.08. The molecule has 0 bridgehead atoms. The van der Waals surface area contributed by atoms with Gasteiger partial charge in [0.1, 0.15) is 5.75 Å². The smallest absolute Gasteiger partial charge is 0.115 e. The first-order valence-corrected chi connectivity index (χ1v) is 7.60.